The Hall–Kier alpha value is -2.36. The van der Waals surface area contributed by atoms with Crippen molar-refractivity contribution >= 4 is 17.8 Å². The third-order valence-electron chi connectivity index (χ3n) is 2.98. The van der Waals surface area contributed by atoms with Crippen LogP contribution in [0.5, 0.6) is 0 Å². The molecular formula is C18H23NO3. The molecule has 0 saturated carbocycles. The molecule has 0 aliphatic carbocycles. The molecule has 118 valence electrons. The predicted molar refractivity (Wildman–Crippen MR) is 87.8 cm³/mol. The van der Waals surface area contributed by atoms with Gasteiger partial charge in [0.05, 0.1) is 12.8 Å². The largest absolute Gasteiger partial charge is 0.491 e. The Morgan fingerprint density at radius 3 is 2.18 bits per heavy atom. The van der Waals surface area contributed by atoms with Crippen molar-refractivity contribution in [2.45, 2.75) is 27.7 Å². The number of hydrogen-bond acceptors (Lipinski definition) is 3. The number of rotatable bonds is 5. The van der Waals surface area contributed by atoms with Crippen LogP contribution in [0.2, 0.25) is 0 Å². The van der Waals surface area contributed by atoms with Crippen molar-refractivity contribution in [1.82, 2.24) is 5.32 Å². The van der Waals surface area contributed by atoms with E-state index in [2.05, 4.69) is 5.32 Å². The first kappa shape index (κ1) is 17.7. The van der Waals surface area contributed by atoms with E-state index in [1.807, 2.05) is 51.1 Å². The number of carbonyl (C=O) groups is 2. The third kappa shape index (κ3) is 5.20. The summed E-state index contributed by atoms with van der Waals surface area (Å²) in [7, 11) is 1.43. The lowest BCUT2D eigenvalue weighted by molar-refractivity contribution is -0.117. The minimum absolute atomic E-state index is 0.175. The fourth-order valence-corrected chi connectivity index (χ4v) is 1.91. The number of allylic oxidation sites excluding steroid dienone is 2. The van der Waals surface area contributed by atoms with Crippen LogP contribution in [0.4, 0.5) is 0 Å². The molecule has 1 aromatic rings. The van der Waals surface area contributed by atoms with Crippen LogP contribution in [0.1, 0.15) is 33.3 Å². The zero-order chi connectivity index (χ0) is 16.8. The second-order valence-electron chi connectivity index (χ2n) is 5.95. The van der Waals surface area contributed by atoms with Crippen molar-refractivity contribution in [3.63, 3.8) is 0 Å². The number of ether oxygens (including phenoxy) is 1. The van der Waals surface area contributed by atoms with Crippen LogP contribution in [0, 0.1) is 5.41 Å². The molecule has 0 unspecified atom stereocenters. The van der Waals surface area contributed by atoms with Crippen LogP contribution in [0.15, 0.2) is 47.9 Å². The second-order valence-corrected chi connectivity index (χ2v) is 5.95. The lowest BCUT2D eigenvalue weighted by Crippen LogP contribution is -2.32. The van der Waals surface area contributed by atoms with E-state index in [9.17, 15) is 9.59 Å². The SMILES string of the molecule is CO/C(C(C)=O)=C(/NC(=O)/C=C/c1ccccc1)C(C)(C)C. The van der Waals surface area contributed by atoms with Gasteiger partial charge in [0.1, 0.15) is 0 Å². The Morgan fingerprint density at radius 2 is 1.73 bits per heavy atom. The van der Waals surface area contributed by atoms with Crippen LogP contribution < -0.4 is 5.32 Å². The topological polar surface area (TPSA) is 55.4 Å². The zero-order valence-electron chi connectivity index (χ0n) is 13.8. The molecule has 0 fully saturated rings. The molecule has 1 N–H and O–H groups in total. The molecule has 0 spiro atoms. The number of carbonyl (C=O) groups excluding carboxylic acids is 2. The molecule has 0 aromatic heterocycles. The summed E-state index contributed by atoms with van der Waals surface area (Å²) in [6, 6.07) is 9.52. The molecule has 0 saturated heterocycles. The quantitative estimate of drug-likeness (QED) is 0.670. The highest BCUT2D eigenvalue weighted by molar-refractivity contribution is 5.96. The van der Waals surface area contributed by atoms with E-state index < -0.39 is 5.41 Å². The highest BCUT2D eigenvalue weighted by Crippen LogP contribution is 2.26. The fraction of sp³-hybridized carbons (Fsp3) is 0.333. The first-order valence-electron chi connectivity index (χ1n) is 7.09. The summed E-state index contributed by atoms with van der Waals surface area (Å²) in [6.07, 6.45) is 3.16. The maximum atomic E-state index is 12.1. The van der Waals surface area contributed by atoms with Gasteiger partial charge >= 0.3 is 0 Å². The maximum absolute atomic E-state index is 12.1. The average molecular weight is 301 g/mol. The van der Waals surface area contributed by atoms with Crippen molar-refractivity contribution in [3.8, 4) is 0 Å². The van der Waals surface area contributed by atoms with Crippen molar-refractivity contribution in [2.24, 2.45) is 5.41 Å². The summed E-state index contributed by atoms with van der Waals surface area (Å²) >= 11 is 0. The van der Waals surface area contributed by atoms with Gasteiger partial charge in [-0.2, -0.15) is 0 Å². The summed E-state index contributed by atoms with van der Waals surface area (Å²) in [6.45, 7) is 7.14. The van der Waals surface area contributed by atoms with E-state index in [1.54, 1.807) is 6.08 Å². The van der Waals surface area contributed by atoms with E-state index in [4.69, 9.17) is 4.74 Å². The number of nitrogens with one attached hydrogen (secondary N) is 1. The standard InChI is InChI=1S/C18H23NO3/c1-13(20)16(22-5)17(18(2,3)4)19-15(21)12-11-14-9-7-6-8-10-14/h6-12H,1-5H3,(H,19,21)/b12-11+,17-16+. The van der Waals surface area contributed by atoms with Crippen LogP contribution in [0.25, 0.3) is 6.08 Å². The molecule has 4 heteroatoms. The lowest BCUT2D eigenvalue weighted by Gasteiger charge is -2.25. The molecule has 0 atom stereocenters. The van der Waals surface area contributed by atoms with Gasteiger partial charge in [-0.15, -0.1) is 0 Å². The average Bonchev–Trinajstić information content (AvgIpc) is 2.44. The summed E-state index contributed by atoms with van der Waals surface area (Å²) in [5.74, 6) is -0.349. The number of hydrogen-bond donors (Lipinski definition) is 1. The molecule has 22 heavy (non-hydrogen) atoms. The van der Waals surface area contributed by atoms with Crippen LogP contribution >= 0.6 is 0 Å². The number of ketones is 1. The Bertz CT molecular complexity index is 593. The van der Waals surface area contributed by atoms with Gasteiger partial charge in [0.2, 0.25) is 5.91 Å². The molecule has 1 amide bonds. The molecule has 0 aliphatic heterocycles. The Balaban J connectivity index is 2.99. The number of Topliss-reactive ketones (excluding diaryl/α,β-unsaturated/α-hetero) is 1. The second kappa shape index (κ2) is 7.59. The fourth-order valence-electron chi connectivity index (χ4n) is 1.91. The van der Waals surface area contributed by atoms with E-state index in [0.717, 1.165) is 5.56 Å². The van der Waals surface area contributed by atoms with Gasteiger partial charge in [0, 0.05) is 18.4 Å². The van der Waals surface area contributed by atoms with E-state index in [-0.39, 0.29) is 17.4 Å². The van der Waals surface area contributed by atoms with Crippen LogP contribution in [-0.2, 0) is 14.3 Å². The first-order valence-corrected chi connectivity index (χ1v) is 7.09. The minimum Gasteiger partial charge on any atom is -0.491 e. The van der Waals surface area contributed by atoms with Gasteiger partial charge in [-0.05, 0) is 11.6 Å². The molecular weight excluding hydrogens is 278 g/mol. The summed E-state index contributed by atoms with van der Waals surface area (Å²) in [4.78, 5) is 23.8. The van der Waals surface area contributed by atoms with Gasteiger partial charge in [0.15, 0.2) is 11.5 Å². The molecule has 0 radical (unpaired) electrons. The molecule has 0 bridgehead atoms. The normalized spacial score (nSPS) is 12.8. The summed E-state index contributed by atoms with van der Waals surface area (Å²) in [5, 5.41) is 2.77. The van der Waals surface area contributed by atoms with Gasteiger partial charge in [-0.3, -0.25) is 9.59 Å². The lowest BCUT2D eigenvalue weighted by atomic mass is 9.90. The molecule has 1 rings (SSSR count). The van der Waals surface area contributed by atoms with Crippen molar-refractivity contribution in [3.05, 3.63) is 53.4 Å². The Kier molecular flexibility index (Phi) is 6.11. The highest BCUT2D eigenvalue weighted by atomic mass is 16.5. The van der Waals surface area contributed by atoms with E-state index in [0.29, 0.717) is 5.70 Å². The van der Waals surface area contributed by atoms with Crippen molar-refractivity contribution < 1.29 is 14.3 Å². The van der Waals surface area contributed by atoms with Crippen LogP contribution in [-0.4, -0.2) is 18.8 Å². The zero-order valence-corrected chi connectivity index (χ0v) is 13.8. The van der Waals surface area contributed by atoms with E-state index >= 15 is 0 Å². The highest BCUT2D eigenvalue weighted by Gasteiger charge is 2.25. The molecule has 0 heterocycles. The van der Waals surface area contributed by atoms with Gasteiger partial charge < -0.3 is 10.1 Å². The monoisotopic (exact) mass is 301 g/mol. The smallest absolute Gasteiger partial charge is 0.248 e. The van der Waals surface area contributed by atoms with Gasteiger partial charge in [-0.25, -0.2) is 0 Å². The Morgan fingerprint density at radius 1 is 1.14 bits per heavy atom. The van der Waals surface area contributed by atoms with Gasteiger partial charge in [0.25, 0.3) is 0 Å². The third-order valence-corrected chi connectivity index (χ3v) is 2.98. The minimum atomic E-state index is -0.423. The maximum Gasteiger partial charge on any atom is 0.248 e. The van der Waals surface area contributed by atoms with Gasteiger partial charge in [-0.1, -0.05) is 51.1 Å². The Labute approximate surface area is 131 Å². The van der Waals surface area contributed by atoms with Crippen LogP contribution in [0.3, 0.4) is 0 Å². The predicted octanol–water partition coefficient (Wildman–Crippen LogP) is 3.31. The summed E-state index contributed by atoms with van der Waals surface area (Å²) < 4.78 is 5.16. The number of methoxy groups -OCH3 is 1. The van der Waals surface area contributed by atoms with Crippen molar-refractivity contribution in [2.75, 3.05) is 7.11 Å². The number of benzene rings is 1. The van der Waals surface area contributed by atoms with E-state index in [1.165, 1.54) is 20.1 Å². The first-order chi connectivity index (χ1) is 10.3. The van der Waals surface area contributed by atoms with Crippen molar-refractivity contribution in [1.29, 1.82) is 0 Å². The summed E-state index contributed by atoms with van der Waals surface area (Å²) in [5.41, 5.74) is 0.982. The number of amides is 1. The molecule has 4 nitrogen and oxygen atoms in total. The molecule has 1 aromatic carbocycles. The molecule has 0 aliphatic rings.